The van der Waals surface area contributed by atoms with Gasteiger partial charge in [-0.15, -0.1) is 0 Å². The van der Waals surface area contributed by atoms with Crippen molar-refractivity contribution in [3.05, 3.63) is 29.8 Å². The molecule has 1 aromatic carbocycles. The number of fused-ring (bicyclic) bond motifs is 2. The molecule has 3 rings (SSSR count). The molecule has 0 saturated carbocycles. The van der Waals surface area contributed by atoms with Crippen LogP contribution in [-0.4, -0.2) is 36.9 Å². The highest BCUT2D eigenvalue weighted by Gasteiger charge is 2.52. The summed E-state index contributed by atoms with van der Waals surface area (Å²) >= 11 is 0. The molecule has 0 bridgehead atoms. The Morgan fingerprint density at radius 1 is 1.52 bits per heavy atom. The van der Waals surface area contributed by atoms with E-state index in [2.05, 4.69) is 10.6 Å². The summed E-state index contributed by atoms with van der Waals surface area (Å²) in [6.07, 6.45) is 0.825. The van der Waals surface area contributed by atoms with Crippen LogP contribution >= 0.6 is 0 Å². The summed E-state index contributed by atoms with van der Waals surface area (Å²) < 4.78 is 6.29. The van der Waals surface area contributed by atoms with Crippen molar-refractivity contribution in [2.75, 3.05) is 20.1 Å². The highest BCUT2D eigenvalue weighted by Crippen LogP contribution is 2.49. The Balaban J connectivity index is 2.11. The molecule has 2 aliphatic heterocycles. The van der Waals surface area contributed by atoms with Crippen molar-refractivity contribution in [2.24, 2.45) is 11.8 Å². The first kappa shape index (κ1) is 14.4. The van der Waals surface area contributed by atoms with Crippen LogP contribution < -0.4 is 15.4 Å². The van der Waals surface area contributed by atoms with E-state index in [0.717, 1.165) is 30.8 Å². The number of carboxylic acid groups (broad SMARTS) is 1. The molecule has 5 nitrogen and oxygen atoms in total. The molecule has 21 heavy (non-hydrogen) atoms. The number of rotatable bonds is 3. The van der Waals surface area contributed by atoms with Crippen LogP contribution in [0.3, 0.4) is 0 Å². The Morgan fingerprint density at radius 2 is 2.29 bits per heavy atom. The summed E-state index contributed by atoms with van der Waals surface area (Å²) in [6.45, 7) is 3.43. The Hall–Kier alpha value is -1.59. The van der Waals surface area contributed by atoms with E-state index in [1.165, 1.54) is 0 Å². The van der Waals surface area contributed by atoms with Crippen LogP contribution in [0.1, 0.15) is 24.8 Å². The van der Waals surface area contributed by atoms with Crippen molar-refractivity contribution >= 4 is 5.97 Å². The van der Waals surface area contributed by atoms with Crippen LogP contribution in [0, 0.1) is 11.8 Å². The molecule has 0 spiro atoms. The second-order valence-electron chi connectivity index (χ2n) is 5.99. The molecule has 0 aliphatic carbocycles. The molecule has 4 atom stereocenters. The second kappa shape index (κ2) is 5.31. The summed E-state index contributed by atoms with van der Waals surface area (Å²) in [5.41, 5.74) is 0.528. The van der Waals surface area contributed by atoms with E-state index in [9.17, 15) is 9.90 Å². The predicted octanol–water partition coefficient (Wildman–Crippen LogP) is 1.41. The highest BCUT2D eigenvalue weighted by molar-refractivity contribution is 5.71. The standard InChI is InChI=1S/C16H22N2O3/c1-10(15(19)20)14-11-5-3-4-6-13(11)21-16(17-2)7-8-18-9-12(14)16/h3-6,10,12,14,17-18H,7-9H2,1-2H3,(H,19,20). The van der Waals surface area contributed by atoms with Crippen molar-refractivity contribution < 1.29 is 14.6 Å². The number of ether oxygens (including phenoxy) is 1. The maximum Gasteiger partial charge on any atom is 0.306 e. The lowest BCUT2D eigenvalue weighted by atomic mass is 9.68. The number of carbonyl (C=O) groups is 1. The molecule has 2 heterocycles. The number of carboxylic acids is 1. The average molecular weight is 290 g/mol. The number of hydrogen-bond acceptors (Lipinski definition) is 4. The van der Waals surface area contributed by atoms with Gasteiger partial charge < -0.3 is 15.2 Å². The molecular weight excluding hydrogens is 268 g/mol. The summed E-state index contributed by atoms with van der Waals surface area (Å²) in [6, 6.07) is 7.82. The monoisotopic (exact) mass is 290 g/mol. The maximum absolute atomic E-state index is 11.6. The third kappa shape index (κ3) is 2.21. The SMILES string of the molecule is CNC12CCNCC1C(C(C)C(=O)O)c1ccccc1O2. The zero-order chi connectivity index (χ0) is 15.0. The number of aliphatic carboxylic acids is 1. The second-order valence-corrected chi connectivity index (χ2v) is 5.99. The minimum Gasteiger partial charge on any atom is -0.481 e. The van der Waals surface area contributed by atoms with E-state index in [0.29, 0.717) is 0 Å². The van der Waals surface area contributed by atoms with Gasteiger partial charge in [-0.05, 0) is 18.7 Å². The van der Waals surface area contributed by atoms with Crippen LogP contribution in [0.15, 0.2) is 24.3 Å². The van der Waals surface area contributed by atoms with Gasteiger partial charge in [-0.1, -0.05) is 25.1 Å². The van der Waals surface area contributed by atoms with Crippen molar-refractivity contribution in [2.45, 2.75) is 25.0 Å². The van der Waals surface area contributed by atoms with Gasteiger partial charge in [0.2, 0.25) is 0 Å². The molecule has 3 N–H and O–H groups in total. The Bertz CT molecular complexity index is 548. The van der Waals surface area contributed by atoms with Gasteiger partial charge in [0, 0.05) is 31.3 Å². The fraction of sp³-hybridized carbons (Fsp3) is 0.562. The topological polar surface area (TPSA) is 70.6 Å². The lowest BCUT2D eigenvalue weighted by molar-refractivity contribution is -0.145. The summed E-state index contributed by atoms with van der Waals surface area (Å²) in [5.74, 6) is -0.368. The highest BCUT2D eigenvalue weighted by atomic mass is 16.5. The smallest absolute Gasteiger partial charge is 0.306 e. The van der Waals surface area contributed by atoms with E-state index in [4.69, 9.17) is 4.74 Å². The lowest BCUT2D eigenvalue weighted by Crippen LogP contribution is -2.65. The van der Waals surface area contributed by atoms with E-state index < -0.39 is 17.6 Å². The predicted molar refractivity (Wildman–Crippen MR) is 79.4 cm³/mol. The van der Waals surface area contributed by atoms with Crippen LogP contribution in [0.25, 0.3) is 0 Å². The molecule has 0 radical (unpaired) electrons. The molecule has 1 saturated heterocycles. The van der Waals surface area contributed by atoms with Gasteiger partial charge in [0.05, 0.1) is 5.92 Å². The summed E-state index contributed by atoms with van der Waals surface area (Å²) in [4.78, 5) is 11.6. The number of hydrogen-bond donors (Lipinski definition) is 3. The van der Waals surface area contributed by atoms with Crippen molar-refractivity contribution in [1.82, 2.24) is 10.6 Å². The number of para-hydroxylation sites is 1. The zero-order valence-corrected chi connectivity index (χ0v) is 12.4. The van der Waals surface area contributed by atoms with Gasteiger partial charge in [0.15, 0.2) is 5.72 Å². The Kier molecular flexibility index (Phi) is 3.63. The van der Waals surface area contributed by atoms with Gasteiger partial charge in [0.25, 0.3) is 0 Å². The first-order chi connectivity index (χ1) is 10.1. The third-order valence-corrected chi connectivity index (χ3v) is 4.99. The zero-order valence-electron chi connectivity index (χ0n) is 12.4. The van der Waals surface area contributed by atoms with Gasteiger partial charge >= 0.3 is 5.97 Å². The molecule has 1 fully saturated rings. The molecule has 0 amide bonds. The molecule has 5 heteroatoms. The van der Waals surface area contributed by atoms with E-state index >= 15 is 0 Å². The fourth-order valence-corrected chi connectivity index (χ4v) is 3.82. The molecular formula is C16H22N2O3. The van der Waals surface area contributed by atoms with Crippen LogP contribution in [-0.2, 0) is 4.79 Å². The van der Waals surface area contributed by atoms with E-state index in [1.807, 2.05) is 31.3 Å². The minimum atomic E-state index is -0.757. The minimum absolute atomic E-state index is 0.0623. The van der Waals surface area contributed by atoms with Crippen molar-refractivity contribution in [3.63, 3.8) is 0 Å². The first-order valence-corrected chi connectivity index (χ1v) is 7.49. The normalized spacial score (nSPS) is 32.5. The largest absolute Gasteiger partial charge is 0.481 e. The number of nitrogens with one attached hydrogen (secondary N) is 2. The van der Waals surface area contributed by atoms with Gasteiger partial charge in [-0.25, -0.2) is 0 Å². The molecule has 114 valence electrons. The van der Waals surface area contributed by atoms with Crippen LogP contribution in [0.2, 0.25) is 0 Å². The summed E-state index contributed by atoms with van der Waals surface area (Å²) in [5, 5.41) is 16.2. The van der Waals surface area contributed by atoms with Gasteiger partial charge in [0.1, 0.15) is 5.75 Å². The van der Waals surface area contributed by atoms with Crippen molar-refractivity contribution in [3.8, 4) is 5.75 Å². The van der Waals surface area contributed by atoms with Crippen molar-refractivity contribution in [1.29, 1.82) is 0 Å². The van der Waals surface area contributed by atoms with E-state index in [1.54, 1.807) is 6.92 Å². The quantitative estimate of drug-likeness (QED) is 0.785. The van der Waals surface area contributed by atoms with Gasteiger partial charge in [-0.2, -0.15) is 0 Å². The Labute approximate surface area is 124 Å². The summed E-state index contributed by atoms with van der Waals surface area (Å²) in [7, 11) is 1.90. The van der Waals surface area contributed by atoms with Crippen LogP contribution in [0.5, 0.6) is 5.75 Å². The maximum atomic E-state index is 11.6. The van der Waals surface area contributed by atoms with Crippen LogP contribution in [0.4, 0.5) is 0 Å². The van der Waals surface area contributed by atoms with E-state index in [-0.39, 0.29) is 11.8 Å². The molecule has 4 unspecified atom stereocenters. The average Bonchev–Trinajstić information content (AvgIpc) is 2.51. The molecule has 1 aromatic rings. The molecule has 2 aliphatic rings. The number of piperidine rings is 1. The molecule has 0 aromatic heterocycles. The third-order valence-electron chi connectivity index (χ3n) is 4.99. The Morgan fingerprint density at radius 3 is 3.00 bits per heavy atom. The fourth-order valence-electron chi connectivity index (χ4n) is 3.82. The first-order valence-electron chi connectivity index (χ1n) is 7.49. The van der Waals surface area contributed by atoms with Gasteiger partial charge in [-0.3, -0.25) is 10.1 Å². The lowest BCUT2D eigenvalue weighted by Gasteiger charge is -2.52. The number of benzene rings is 1.